The fraction of sp³-hybridized carbons (Fsp3) is 0.0526. The summed E-state index contributed by atoms with van der Waals surface area (Å²) < 4.78 is 22.0. The summed E-state index contributed by atoms with van der Waals surface area (Å²) in [7, 11) is 0. The molecule has 0 amide bonds. The molecule has 4 aromatic rings. The zero-order valence-corrected chi connectivity index (χ0v) is 15.0. The molecule has 0 saturated heterocycles. The second kappa shape index (κ2) is 6.34. The molecule has 0 aliphatic carbocycles. The molecule has 0 radical (unpaired) electrons. The molecule has 7 heteroatoms. The summed E-state index contributed by atoms with van der Waals surface area (Å²) in [5.74, 6) is -0.812. The lowest BCUT2D eigenvalue weighted by molar-refractivity contribution is 0.0696. The van der Waals surface area contributed by atoms with Gasteiger partial charge in [-0.25, -0.2) is 4.79 Å². The minimum absolute atomic E-state index is 0.0390. The molecule has 3 heterocycles. The van der Waals surface area contributed by atoms with Crippen LogP contribution in [0.15, 0.2) is 71.4 Å². The number of furan rings is 2. The van der Waals surface area contributed by atoms with Crippen LogP contribution in [0, 0.1) is 6.92 Å². The highest BCUT2D eigenvalue weighted by Crippen LogP contribution is 2.32. The normalized spacial score (nSPS) is 11.0. The number of carbonyl (C=O) groups excluding carboxylic acids is 1. The van der Waals surface area contributed by atoms with Gasteiger partial charge in [-0.15, -0.1) is 0 Å². The first-order valence-corrected chi connectivity index (χ1v) is 8.41. The van der Waals surface area contributed by atoms with Crippen molar-refractivity contribution in [3.63, 3.8) is 0 Å². The zero-order valence-electron chi connectivity index (χ0n) is 13.4. The summed E-state index contributed by atoms with van der Waals surface area (Å²) >= 11 is 3.12. The van der Waals surface area contributed by atoms with Crippen molar-refractivity contribution in [3.05, 3.63) is 74.9 Å². The second-order valence-electron chi connectivity index (χ2n) is 5.56. The van der Waals surface area contributed by atoms with Gasteiger partial charge in [-0.2, -0.15) is 0 Å². The predicted octanol–water partition coefficient (Wildman–Crippen LogP) is 4.94. The van der Waals surface area contributed by atoms with Crippen LogP contribution in [0.3, 0.4) is 0 Å². The lowest BCUT2D eigenvalue weighted by Crippen LogP contribution is -2.15. The maximum absolute atomic E-state index is 12.9. The van der Waals surface area contributed by atoms with Gasteiger partial charge in [0.25, 0.3) is 0 Å². The first-order chi connectivity index (χ1) is 12.5. The summed E-state index contributed by atoms with van der Waals surface area (Å²) in [5.41, 5.74) is 0.829. The van der Waals surface area contributed by atoms with E-state index in [4.69, 9.17) is 18.0 Å². The van der Waals surface area contributed by atoms with E-state index in [1.807, 2.05) is 6.92 Å². The van der Waals surface area contributed by atoms with Crippen molar-refractivity contribution < 1.29 is 22.8 Å². The predicted molar refractivity (Wildman–Crippen MR) is 96.3 cm³/mol. The van der Waals surface area contributed by atoms with Crippen LogP contribution in [0.2, 0.25) is 0 Å². The molecule has 1 aromatic carbocycles. The average molecular weight is 415 g/mol. The summed E-state index contributed by atoms with van der Waals surface area (Å²) in [6.07, 6.45) is 1.44. The largest absolute Gasteiger partial charge is 0.461 e. The Morgan fingerprint density at radius 1 is 1.12 bits per heavy atom. The summed E-state index contributed by atoms with van der Waals surface area (Å²) in [6.45, 7) is 1.88. The van der Waals surface area contributed by atoms with Crippen molar-refractivity contribution >= 4 is 32.9 Å². The third kappa shape index (κ3) is 2.86. The van der Waals surface area contributed by atoms with E-state index in [1.54, 1.807) is 36.4 Å². The summed E-state index contributed by atoms with van der Waals surface area (Å²) in [5, 5.41) is 0.300. The Hall–Kier alpha value is -3.06. The van der Waals surface area contributed by atoms with Gasteiger partial charge in [0.1, 0.15) is 5.58 Å². The number of esters is 1. The molecule has 0 fully saturated rings. The quantitative estimate of drug-likeness (QED) is 0.441. The number of aryl methyl sites for hydroxylation is 1. The van der Waals surface area contributed by atoms with Gasteiger partial charge in [0.05, 0.1) is 11.6 Å². The average Bonchev–Trinajstić information content (AvgIpc) is 3.28. The standard InChI is InChI=1S/C19H11BrO6/c1-10-4-5-11-14(9-10)25-17(12-3-2-8-23-12)18(16(11)21)26-19(22)13-6-7-15(20)24-13/h2-9H,1H3. The molecule has 0 saturated carbocycles. The van der Waals surface area contributed by atoms with Crippen molar-refractivity contribution in [2.24, 2.45) is 0 Å². The highest BCUT2D eigenvalue weighted by Gasteiger charge is 2.24. The third-order valence-electron chi connectivity index (χ3n) is 3.72. The minimum atomic E-state index is -0.817. The van der Waals surface area contributed by atoms with Gasteiger partial charge in [-0.1, -0.05) is 6.07 Å². The first-order valence-electron chi connectivity index (χ1n) is 7.62. The second-order valence-corrected chi connectivity index (χ2v) is 6.34. The fourth-order valence-electron chi connectivity index (χ4n) is 2.51. The summed E-state index contributed by atoms with van der Waals surface area (Å²) in [6, 6.07) is 11.4. The lowest BCUT2D eigenvalue weighted by atomic mass is 10.1. The molecule has 0 aliphatic rings. The number of carbonyl (C=O) groups is 1. The van der Waals surface area contributed by atoms with E-state index in [2.05, 4.69) is 15.9 Å². The van der Waals surface area contributed by atoms with Gasteiger partial charge in [0.15, 0.2) is 10.4 Å². The molecule has 3 aromatic heterocycles. The van der Waals surface area contributed by atoms with Gasteiger partial charge in [-0.05, 0) is 64.8 Å². The maximum atomic E-state index is 12.9. The molecule has 0 aliphatic heterocycles. The maximum Gasteiger partial charge on any atom is 0.379 e. The number of halogens is 1. The van der Waals surface area contributed by atoms with E-state index in [1.165, 1.54) is 12.3 Å². The Labute approximate surface area is 155 Å². The molecule has 130 valence electrons. The molecule has 0 atom stereocenters. The third-order valence-corrected chi connectivity index (χ3v) is 4.15. The highest BCUT2D eigenvalue weighted by molar-refractivity contribution is 9.10. The minimum Gasteiger partial charge on any atom is -0.461 e. The number of fused-ring (bicyclic) bond motifs is 1. The monoisotopic (exact) mass is 414 g/mol. The molecule has 0 unspecified atom stereocenters. The van der Waals surface area contributed by atoms with Crippen molar-refractivity contribution in [1.82, 2.24) is 0 Å². The van der Waals surface area contributed by atoms with Crippen LogP contribution in [-0.4, -0.2) is 5.97 Å². The number of ether oxygens (including phenoxy) is 1. The van der Waals surface area contributed by atoms with Gasteiger partial charge >= 0.3 is 5.97 Å². The van der Waals surface area contributed by atoms with Crippen LogP contribution in [0.1, 0.15) is 16.1 Å². The zero-order chi connectivity index (χ0) is 18.3. The van der Waals surface area contributed by atoms with E-state index in [0.29, 0.717) is 15.6 Å². The first kappa shape index (κ1) is 16.4. The fourth-order valence-corrected chi connectivity index (χ4v) is 2.82. The smallest absolute Gasteiger partial charge is 0.379 e. The van der Waals surface area contributed by atoms with Crippen molar-refractivity contribution in [2.75, 3.05) is 0 Å². The van der Waals surface area contributed by atoms with E-state index >= 15 is 0 Å². The molecular formula is C19H11BrO6. The van der Waals surface area contributed by atoms with Crippen LogP contribution < -0.4 is 10.2 Å². The van der Waals surface area contributed by atoms with E-state index in [0.717, 1.165) is 5.56 Å². The van der Waals surface area contributed by atoms with Crippen LogP contribution in [-0.2, 0) is 0 Å². The molecule has 0 spiro atoms. The lowest BCUT2D eigenvalue weighted by Gasteiger charge is -2.08. The van der Waals surface area contributed by atoms with Gasteiger partial charge in [0.2, 0.25) is 22.7 Å². The van der Waals surface area contributed by atoms with E-state index in [-0.39, 0.29) is 23.0 Å². The Bertz CT molecular complexity index is 1170. The molecule has 26 heavy (non-hydrogen) atoms. The van der Waals surface area contributed by atoms with Crippen LogP contribution in [0.4, 0.5) is 0 Å². The summed E-state index contributed by atoms with van der Waals surface area (Å²) in [4.78, 5) is 25.3. The van der Waals surface area contributed by atoms with Gasteiger partial charge < -0.3 is 18.0 Å². The number of hydrogen-bond donors (Lipinski definition) is 0. The Morgan fingerprint density at radius 2 is 1.96 bits per heavy atom. The van der Waals surface area contributed by atoms with Crippen molar-refractivity contribution in [2.45, 2.75) is 6.92 Å². The van der Waals surface area contributed by atoms with Crippen LogP contribution >= 0.6 is 15.9 Å². The SMILES string of the molecule is Cc1ccc2c(=O)c(OC(=O)c3ccc(Br)o3)c(-c3ccco3)oc2c1. The Morgan fingerprint density at radius 3 is 2.65 bits per heavy atom. The van der Waals surface area contributed by atoms with Crippen LogP contribution in [0.25, 0.3) is 22.5 Å². The molecular weight excluding hydrogens is 404 g/mol. The highest BCUT2D eigenvalue weighted by atomic mass is 79.9. The van der Waals surface area contributed by atoms with Crippen LogP contribution in [0.5, 0.6) is 5.75 Å². The van der Waals surface area contributed by atoms with E-state index in [9.17, 15) is 9.59 Å². The van der Waals surface area contributed by atoms with Crippen molar-refractivity contribution in [3.8, 4) is 17.3 Å². The molecule has 4 rings (SSSR count). The van der Waals surface area contributed by atoms with Gasteiger partial charge in [0, 0.05) is 0 Å². The molecule has 6 nitrogen and oxygen atoms in total. The van der Waals surface area contributed by atoms with Gasteiger partial charge in [-0.3, -0.25) is 4.79 Å². The Balaban J connectivity index is 1.90. The molecule has 0 N–H and O–H groups in total. The number of rotatable bonds is 3. The topological polar surface area (TPSA) is 82.8 Å². The number of benzene rings is 1. The Kier molecular flexibility index (Phi) is 4.00. The number of hydrogen-bond acceptors (Lipinski definition) is 6. The molecule has 0 bridgehead atoms. The van der Waals surface area contributed by atoms with E-state index < -0.39 is 11.4 Å². The van der Waals surface area contributed by atoms with Crippen molar-refractivity contribution in [1.29, 1.82) is 0 Å².